The molecule has 0 amide bonds. The zero-order valence-corrected chi connectivity index (χ0v) is 11.4. The van der Waals surface area contributed by atoms with Crippen LogP contribution in [-0.4, -0.2) is 22.6 Å². The Bertz CT molecular complexity index is 598. The molecule has 0 radical (unpaired) electrons. The number of hydrogen-bond acceptors (Lipinski definition) is 3. The molecule has 2 aromatic rings. The monoisotopic (exact) mass is 270 g/mol. The molecule has 20 heavy (non-hydrogen) atoms. The Morgan fingerprint density at radius 1 is 1.25 bits per heavy atom. The molecule has 0 fully saturated rings. The van der Waals surface area contributed by atoms with Crippen molar-refractivity contribution in [1.29, 1.82) is 0 Å². The second-order valence-electron chi connectivity index (χ2n) is 4.90. The minimum atomic E-state index is -1.14. The van der Waals surface area contributed by atoms with Gasteiger partial charge in [-0.25, -0.2) is 0 Å². The first-order chi connectivity index (χ1) is 9.60. The first-order valence-electron chi connectivity index (χ1n) is 6.49. The van der Waals surface area contributed by atoms with Gasteiger partial charge < -0.3 is 10.8 Å². The van der Waals surface area contributed by atoms with E-state index < -0.39 is 11.4 Å². The quantitative estimate of drug-likeness (QED) is 0.870. The van der Waals surface area contributed by atoms with Crippen LogP contribution in [0.15, 0.2) is 48.7 Å². The number of rotatable bonds is 5. The van der Waals surface area contributed by atoms with Gasteiger partial charge >= 0.3 is 5.97 Å². The predicted octanol–water partition coefficient (Wildman–Crippen LogP) is 1.91. The molecular weight excluding hydrogens is 252 g/mol. The van der Waals surface area contributed by atoms with E-state index in [1.54, 1.807) is 6.20 Å². The van der Waals surface area contributed by atoms with Gasteiger partial charge in [-0.3, -0.25) is 9.78 Å². The zero-order valence-electron chi connectivity index (χ0n) is 11.4. The number of nitrogens with zero attached hydrogens (tertiary/aromatic N) is 1. The van der Waals surface area contributed by atoms with Crippen molar-refractivity contribution < 1.29 is 9.90 Å². The maximum absolute atomic E-state index is 11.9. The highest BCUT2D eigenvalue weighted by molar-refractivity contribution is 5.82. The van der Waals surface area contributed by atoms with Gasteiger partial charge in [-0.05, 0) is 30.2 Å². The molecule has 104 valence electrons. The maximum atomic E-state index is 11.9. The van der Waals surface area contributed by atoms with Gasteiger partial charge in [0, 0.05) is 24.9 Å². The molecule has 1 aromatic carbocycles. The fraction of sp³-hybridized carbons (Fsp3) is 0.250. The first-order valence-corrected chi connectivity index (χ1v) is 6.49. The molecule has 3 N–H and O–H groups in total. The summed E-state index contributed by atoms with van der Waals surface area (Å²) in [5, 5.41) is 9.76. The molecule has 1 unspecified atom stereocenters. The normalized spacial score (nSPS) is 13.7. The molecule has 0 aliphatic heterocycles. The molecule has 0 aliphatic carbocycles. The Labute approximate surface area is 118 Å². The van der Waals surface area contributed by atoms with Gasteiger partial charge in [0.15, 0.2) is 0 Å². The van der Waals surface area contributed by atoms with Gasteiger partial charge in [0.1, 0.15) is 5.41 Å². The smallest absolute Gasteiger partial charge is 0.315 e. The lowest BCUT2D eigenvalue weighted by Crippen LogP contribution is -2.45. The van der Waals surface area contributed by atoms with E-state index in [4.69, 9.17) is 5.73 Å². The van der Waals surface area contributed by atoms with E-state index in [0.717, 1.165) is 16.8 Å². The maximum Gasteiger partial charge on any atom is 0.315 e. The van der Waals surface area contributed by atoms with Crippen LogP contribution in [0.5, 0.6) is 0 Å². The molecule has 0 bridgehead atoms. The SMILES string of the molecule is Cc1ccccc1C(CN)(Cc1ccccn1)C(=O)O. The lowest BCUT2D eigenvalue weighted by Gasteiger charge is -2.29. The highest BCUT2D eigenvalue weighted by Gasteiger charge is 2.40. The van der Waals surface area contributed by atoms with Gasteiger partial charge in [0.05, 0.1) is 0 Å². The van der Waals surface area contributed by atoms with E-state index in [9.17, 15) is 9.90 Å². The van der Waals surface area contributed by atoms with Crippen molar-refractivity contribution in [1.82, 2.24) is 4.98 Å². The van der Waals surface area contributed by atoms with Crippen molar-refractivity contribution in [2.24, 2.45) is 5.73 Å². The van der Waals surface area contributed by atoms with E-state index in [0.29, 0.717) is 0 Å². The minimum Gasteiger partial charge on any atom is -0.481 e. The zero-order chi connectivity index (χ0) is 14.6. The van der Waals surface area contributed by atoms with Gasteiger partial charge in [-0.15, -0.1) is 0 Å². The summed E-state index contributed by atoms with van der Waals surface area (Å²) < 4.78 is 0. The number of hydrogen-bond donors (Lipinski definition) is 2. The van der Waals surface area contributed by atoms with Crippen LogP contribution in [0.25, 0.3) is 0 Å². The van der Waals surface area contributed by atoms with Crippen LogP contribution in [0.1, 0.15) is 16.8 Å². The molecule has 0 spiro atoms. The van der Waals surface area contributed by atoms with E-state index >= 15 is 0 Å². The van der Waals surface area contributed by atoms with E-state index in [1.165, 1.54) is 0 Å². The molecule has 2 rings (SSSR count). The summed E-state index contributed by atoms with van der Waals surface area (Å²) in [4.78, 5) is 16.1. The number of carboxylic acid groups (broad SMARTS) is 1. The fourth-order valence-electron chi connectivity index (χ4n) is 2.48. The van der Waals surface area contributed by atoms with Crippen molar-refractivity contribution in [2.75, 3.05) is 6.54 Å². The molecule has 4 heteroatoms. The Kier molecular flexibility index (Phi) is 4.15. The number of pyridine rings is 1. The van der Waals surface area contributed by atoms with Crippen molar-refractivity contribution >= 4 is 5.97 Å². The van der Waals surface area contributed by atoms with Crippen molar-refractivity contribution in [3.05, 3.63) is 65.5 Å². The topological polar surface area (TPSA) is 76.2 Å². The second-order valence-corrected chi connectivity index (χ2v) is 4.90. The third-order valence-corrected chi connectivity index (χ3v) is 3.63. The molecular formula is C16H18N2O2. The Hall–Kier alpha value is -2.20. The number of nitrogens with two attached hydrogens (primary N) is 1. The van der Waals surface area contributed by atoms with Crippen molar-refractivity contribution in [3.63, 3.8) is 0 Å². The van der Waals surface area contributed by atoms with Gasteiger partial charge in [0.2, 0.25) is 0 Å². The fourth-order valence-corrected chi connectivity index (χ4v) is 2.48. The largest absolute Gasteiger partial charge is 0.481 e. The number of benzene rings is 1. The van der Waals surface area contributed by atoms with Crippen LogP contribution in [-0.2, 0) is 16.6 Å². The molecule has 4 nitrogen and oxygen atoms in total. The summed E-state index contributed by atoms with van der Waals surface area (Å²) in [5.74, 6) is -0.917. The predicted molar refractivity (Wildman–Crippen MR) is 77.5 cm³/mol. The average Bonchev–Trinajstić information content (AvgIpc) is 2.46. The number of carbonyl (C=O) groups is 1. The summed E-state index contributed by atoms with van der Waals surface area (Å²) in [6.07, 6.45) is 1.95. The molecule has 1 atom stereocenters. The standard InChI is InChI=1S/C16H18N2O2/c1-12-6-2-3-8-14(12)16(11-17,15(19)20)10-13-7-4-5-9-18-13/h2-9H,10-11,17H2,1H3,(H,19,20). The number of carboxylic acids is 1. The van der Waals surface area contributed by atoms with E-state index in [2.05, 4.69) is 4.98 Å². The Morgan fingerprint density at radius 2 is 1.95 bits per heavy atom. The molecule has 1 aromatic heterocycles. The average molecular weight is 270 g/mol. The van der Waals surface area contributed by atoms with E-state index in [-0.39, 0.29) is 13.0 Å². The Morgan fingerprint density at radius 3 is 2.50 bits per heavy atom. The first kappa shape index (κ1) is 14.2. The van der Waals surface area contributed by atoms with Crippen molar-refractivity contribution in [3.8, 4) is 0 Å². The summed E-state index contributed by atoms with van der Waals surface area (Å²) in [6.45, 7) is 1.94. The van der Waals surface area contributed by atoms with Crippen LogP contribution in [0.3, 0.4) is 0 Å². The summed E-state index contributed by atoms with van der Waals surface area (Å²) >= 11 is 0. The van der Waals surface area contributed by atoms with Crippen LogP contribution >= 0.6 is 0 Å². The molecule has 0 saturated carbocycles. The molecule has 0 aliphatic rings. The number of aryl methyl sites for hydroxylation is 1. The van der Waals surface area contributed by atoms with Gasteiger partial charge in [-0.1, -0.05) is 30.3 Å². The molecule has 1 heterocycles. The van der Waals surface area contributed by atoms with Gasteiger partial charge in [-0.2, -0.15) is 0 Å². The molecule has 0 saturated heterocycles. The third-order valence-electron chi connectivity index (χ3n) is 3.63. The highest BCUT2D eigenvalue weighted by Crippen LogP contribution is 2.30. The van der Waals surface area contributed by atoms with E-state index in [1.807, 2.05) is 49.4 Å². The highest BCUT2D eigenvalue weighted by atomic mass is 16.4. The lowest BCUT2D eigenvalue weighted by atomic mass is 9.75. The van der Waals surface area contributed by atoms with Crippen LogP contribution in [0, 0.1) is 6.92 Å². The van der Waals surface area contributed by atoms with Crippen LogP contribution in [0.2, 0.25) is 0 Å². The van der Waals surface area contributed by atoms with Crippen LogP contribution < -0.4 is 5.73 Å². The Balaban J connectivity index is 2.51. The summed E-state index contributed by atoms with van der Waals surface area (Å²) in [6, 6.07) is 13.0. The summed E-state index contributed by atoms with van der Waals surface area (Å²) in [5.41, 5.74) is 7.11. The lowest BCUT2D eigenvalue weighted by molar-refractivity contribution is -0.143. The minimum absolute atomic E-state index is 0.0315. The summed E-state index contributed by atoms with van der Waals surface area (Å²) in [7, 11) is 0. The van der Waals surface area contributed by atoms with Crippen molar-refractivity contribution in [2.45, 2.75) is 18.8 Å². The number of aromatic nitrogens is 1. The number of aliphatic carboxylic acids is 1. The second kappa shape index (κ2) is 5.84. The van der Waals surface area contributed by atoms with Gasteiger partial charge in [0.25, 0.3) is 0 Å². The van der Waals surface area contributed by atoms with Crippen LogP contribution in [0.4, 0.5) is 0 Å². The third kappa shape index (κ3) is 2.56.